The first-order valence-electron chi connectivity index (χ1n) is 5.98. The minimum Gasteiger partial charge on any atom is -0.393 e. The fraction of sp³-hybridized carbons (Fsp3) is 0.750. The van der Waals surface area contributed by atoms with Crippen molar-refractivity contribution in [3.05, 3.63) is 16.1 Å². The number of hydrogen-bond donors (Lipinski definition) is 2. The summed E-state index contributed by atoms with van der Waals surface area (Å²) in [6.07, 6.45) is 3.01. The van der Waals surface area contributed by atoms with Crippen LogP contribution in [0.5, 0.6) is 0 Å². The van der Waals surface area contributed by atoms with E-state index in [0.29, 0.717) is 12.0 Å². The van der Waals surface area contributed by atoms with Gasteiger partial charge in [0.25, 0.3) is 0 Å². The summed E-state index contributed by atoms with van der Waals surface area (Å²) in [7, 11) is 0. The lowest BCUT2D eigenvalue weighted by Gasteiger charge is -2.15. The quantitative estimate of drug-likeness (QED) is 0.848. The molecule has 1 aromatic rings. The number of hydrogen-bond acceptors (Lipinski definition) is 4. The molecule has 3 unspecified atom stereocenters. The molecule has 1 heterocycles. The first-order chi connectivity index (χ1) is 7.65. The van der Waals surface area contributed by atoms with E-state index in [1.807, 2.05) is 6.92 Å². The van der Waals surface area contributed by atoms with Crippen LogP contribution in [0.15, 0.2) is 5.38 Å². The zero-order valence-corrected chi connectivity index (χ0v) is 10.8. The van der Waals surface area contributed by atoms with E-state index in [2.05, 4.69) is 22.6 Å². The number of rotatable bonds is 4. The molecule has 1 aliphatic carbocycles. The normalized spacial score (nSPS) is 27.2. The van der Waals surface area contributed by atoms with Gasteiger partial charge in [0.05, 0.1) is 16.8 Å². The Morgan fingerprint density at radius 1 is 1.62 bits per heavy atom. The molecule has 1 fully saturated rings. The van der Waals surface area contributed by atoms with Crippen molar-refractivity contribution in [3.8, 4) is 0 Å². The van der Waals surface area contributed by atoms with Crippen molar-refractivity contribution in [3.63, 3.8) is 0 Å². The third-order valence-corrected chi connectivity index (χ3v) is 4.10. The van der Waals surface area contributed by atoms with E-state index in [4.69, 9.17) is 0 Å². The van der Waals surface area contributed by atoms with Crippen LogP contribution >= 0.6 is 11.3 Å². The minimum absolute atomic E-state index is 0.0661. The fourth-order valence-corrected chi connectivity index (χ4v) is 2.97. The first kappa shape index (κ1) is 12.0. The smallest absolute Gasteiger partial charge is 0.0898 e. The summed E-state index contributed by atoms with van der Waals surface area (Å²) >= 11 is 1.70. The van der Waals surface area contributed by atoms with E-state index in [-0.39, 0.29) is 6.10 Å². The Hall–Kier alpha value is -0.450. The van der Waals surface area contributed by atoms with Gasteiger partial charge in [0.15, 0.2) is 0 Å². The molecule has 0 aliphatic heterocycles. The molecule has 16 heavy (non-hydrogen) atoms. The second-order valence-corrected chi connectivity index (χ2v) is 5.82. The van der Waals surface area contributed by atoms with Crippen LogP contribution in [0.1, 0.15) is 42.9 Å². The molecule has 3 atom stereocenters. The van der Waals surface area contributed by atoms with E-state index in [9.17, 15) is 5.11 Å². The highest BCUT2D eigenvalue weighted by atomic mass is 32.1. The predicted molar refractivity (Wildman–Crippen MR) is 66.6 cm³/mol. The lowest BCUT2D eigenvalue weighted by molar-refractivity contribution is 0.177. The second-order valence-electron chi connectivity index (χ2n) is 4.75. The van der Waals surface area contributed by atoms with Crippen LogP contribution in [0.3, 0.4) is 0 Å². The lowest BCUT2D eigenvalue weighted by Crippen LogP contribution is -2.25. The van der Waals surface area contributed by atoms with Gasteiger partial charge in [0, 0.05) is 11.4 Å². The molecule has 0 radical (unpaired) electrons. The van der Waals surface area contributed by atoms with E-state index in [1.165, 1.54) is 0 Å². The molecule has 1 aromatic heterocycles. The molecule has 90 valence electrons. The van der Waals surface area contributed by atoms with Gasteiger partial charge in [-0.25, -0.2) is 4.98 Å². The zero-order valence-electron chi connectivity index (χ0n) is 9.94. The van der Waals surface area contributed by atoms with Crippen molar-refractivity contribution in [1.29, 1.82) is 0 Å². The molecule has 0 saturated heterocycles. The third kappa shape index (κ3) is 3.03. The Bertz CT molecular complexity index is 340. The molecule has 0 spiro atoms. The molecular formula is C12H20N2OS. The number of aliphatic hydroxyl groups excluding tert-OH is 1. The van der Waals surface area contributed by atoms with E-state index >= 15 is 0 Å². The van der Waals surface area contributed by atoms with Crippen molar-refractivity contribution in [2.45, 2.75) is 45.3 Å². The summed E-state index contributed by atoms with van der Waals surface area (Å²) in [5.41, 5.74) is 1.14. The van der Waals surface area contributed by atoms with Crippen LogP contribution in [0.2, 0.25) is 0 Å². The fourth-order valence-electron chi connectivity index (χ4n) is 2.26. The molecule has 4 heteroatoms. The highest BCUT2D eigenvalue weighted by molar-refractivity contribution is 7.09. The van der Waals surface area contributed by atoms with Gasteiger partial charge in [0.1, 0.15) is 0 Å². The number of aliphatic hydroxyl groups is 1. The maximum Gasteiger partial charge on any atom is 0.0898 e. The Morgan fingerprint density at radius 3 is 3.00 bits per heavy atom. The molecule has 3 nitrogen and oxygen atoms in total. The van der Waals surface area contributed by atoms with Gasteiger partial charge < -0.3 is 10.4 Å². The number of aromatic nitrogens is 1. The SMILES string of the molecule is Cc1nc(C(C)NCC2CCC(O)C2)cs1. The second kappa shape index (κ2) is 5.25. The molecule has 1 aliphatic rings. The summed E-state index contributed by atoms with van der Waals surface area (Å²) in [6, 6.07) is 0.322. The van der Waals surface area contributed by atoms with Crippen molar-refractivity contribution in [1.82, 2.24) is 10.3 Å². The number of nitrogens with zero attached hydrogens (tertiary/aromatic N) is 1. The van der Waals surface area contributed by atoms with E-state index < -0.39 is 0 Å². The largest absolute Gasteiger partial charge is 0.393 e. The van der Waals surface area contributed by atoms with Crippen LogP contribution in [-0.2, 0) is 0 Å². The van der Waals surface area contributed by atoms with Crippen LogP contribution in [0, 0.1) is 12.8 Å². The van der Waals surface area contributed by atoms with Gasteiger partial charge in [-0.2, -0.15) is 0 Å². The number of nitrogens with one attached hydrogen (secondary N) is 1. The molecule has 0 aromatic carbocycles. The van der Waals surface area contributed by atoms with Crippen molar-refractivity contribution >= 4 is 11.3 Å². The first-order valence-corrected chi connectivity index (χ1v) is 6.86. The van der Waals surface area contributed by atoms with Gasteiger partial charge in [-0.1, -0.05) is 0 Å². The Morgan fingerprint density at radius 2 is 2.44 bits per heavy atom. The Balaban J connectivity index is 1.77. The van der Waals surface area contributed by atoms with Gasteiger partial charge >= 0.3 is 0 Å². The molecule has 1 saturated carbocycles. The van der Waals surface area contributed by atoms with Crippen LogP contribution in [0.4, 0.5) is 0 Å². The van der Waals surface area contributed by atoms with Gasteiger partial charge in [-0.15, -0.1) is 11.3 Å². The third-order valence-electron chi connectivity index (χ3n) is 3.31. The molecule has 0 bridgehead atoms. The number of thiazole rings is 1. The van der Waals surface area contributed by atoms with Crippen LogP contribution in [0.25, 0.3) is 0 Å². The van der Waals surface area contributed by atoms with Gasteiger partial charge in [0.2, 0.25) is 0 Å². The summed E-state index contributed by atoms with van der Waals surface area (Å²) in [5.74, 6) is 0.636. The lowest BCUT2D eigenvalue weighted by atomic mass is 10.1. The molecular weight excluding hydrogens is 220 g/mol. The summed E-state index contributed by atoms with van der Waals surface area (Å²) in [6.45, 7) is 5.18. The topological polar surface area (TPSA) is 45.2 Å². The van der Waals surface area contributed by atoms with Crippen molar-refractivity contribution < 1.29 is 5.11 Å². The van der Waals surface area contributed by atoms with Gasteiger partial charge in [-0.05, 0) is 45.6 Å². The average Bonchev–Trinajstić information content (AvgIpc) is 2.84. The maximum absolute atomic E-state index is 9.45. The highest BCUT2D eigenvalue weighted by Gasteiger charge is 2.23. The summed E-state index contributed by atoms with van der Waals surface area (Å²) in [4.78, 5) is 4.48. The Labute approximate surface area is 101 Å². The van der Waals surface area contributed by atoms with Crippen molar-refractivity contribution in [2.24, 2.45) is 5.92 Å². The Kier molecular flexibility index (Phi) is 3.95. The standard InChI is InChI=1S/C12H20N2OS/c1-8(12-7-16-9(2)14-12)13-6-10-3-4-11(15)5-10/h7-8,10-11,13,15H,3-6H2,1-2H3. The van der Waals surface area contributed by atoms with E-state index in [0.717, 1.165) is 36.5 Å². The highest BCUT2D eigenvalue weighted by Crippen LogP contribution is 2.25. The van der Waals surface area contributed by atoms with E-state index in [1.54, 1.807) is 11.3 Å². The monoisotopic (exact) mass is 240 g/mol. The molecule has 2 rings (SSSR count). The van der Waals surface area contributed by atoms with Gasteiger partial charge in [-0.3, -0.25) is 0 Å². The van der Waals surface area contributed by atoms with Crippen molar-refractivity contribution in [2.75, 3.05) is 6.54 Å². The maximum atomic E-state index is 9.45. The average molecular weight is 240 g/mol. The summed E-state index contributed by atoms with van der Waals surface area (Å²) in [5, 5.41) is 16.2. The zero-order chi connectivity index (χ0) is 11.5. The predicted octanol–water partition coefficient (Wildman–Crippen LogP) is 2.26. The van der Waals surface area contributed by atoms with Crippen LogP contribution in [-0.4, -0.2) is 22.7 Å². The molecule has 2 N–H and O–H groups in total. The molecule has 0 amide bonds. The number of aryl methyl sites for hydroxylation is 1. The minimum atomic E-state index is -0.0661. The van der Waals surface area contributed by atoms with Crippen LogP contribution < -0.4 is 5.32 Å². The summed E-state index contributed by atoms with van der Waals surface area (Å²) < 4.78 is 0.